The minimum atomic E-state index is -0.516. The quantitative estimate of drug-likeness (QED) is 0.474. The molecule has 0 aliphatic heterocycles. The molecule has 1 rings (SSSR count). The molecule has 0 aliphatic carbocycles. The van der Waals surface area contributed by atoms with E-state index in [1.54, 1.807) is 45.0 Å². The second-order valence-corrected chi connectivity index (χ2v) is 4.94. The van der Waals surface area contributed by atoms with Crippen LogP contribution in [-0.2, 0) is 14.3 Å². The van der Waals surface area contributed by atoms with E-state index in [1.807, 2.05) is 0 Å². The van der Waals surface area contributed by atoms with Gasteiger partial charge in [0.25, 0.3) is 5.91 Å². The van der Waals surface area contributed by atoms with Crippen LogP contribution < -0.4 is 10.2 Å². The van der Waals surface area contributed by atoms with Crippen LogP contribution in [-0.4, -0.2) is 30.8 Å². The van der Waals surface area contributed by atoms with Gasteiger partial charge in [-0.15, -0.1) is 0 Å². The van der Waals surface area contributed by atoms with Gasteiger partial charge < -0.3 is 9.47 Å². The molecule has 0 spiro atoms. The Balaban J connectivity index is 2.42. The van der Waals surface area contributed by atoms with E-state index in [4.69, 9.17) is 21.1 Å². The molecule has 1 aromatic carbocycles. The molecule has 1 amide bonds. The molecule has 7 heteroatoms. The average Bonchev–Trinajstić information content (AvgIpc) is 2.51. The average molecular weight is 327 g/mol. The number of carbonyl (C=O) groups is 2. The van der Waals surface area contributed by atoms with Gasteiger partial charge in [-0.25, -0.2) is 5.43 Å². The van der Waals surface area contributed by atoms with Crippen molar-refractivity contribution in [2.75, 3.05) is 13.2 Å². The molecular formula is C15H19ClN2O4. The number of nitrogens with one attached hydrogen (secondary N) is 1. The van der Waals surface area contributed by atoms with Crippen LogP contribution in [0, 0.1) is 5.92 Å². The Morgan fingerprint density at radius 1 is 1.32 bits per heavy atom. The first-order valence-electron chi connectivity index (χ1n) is 6.82. The van der Waals surface area contributed by atoms with Crippen molar-refractivity contribution in [3.8, 4) is 5.75 Å². The third kappa shape index (κ3) is 6.13. The standard InChI is InChI=1S/C15H19ClN2O4/c1-4-21-15(20)10(2)11(3)17-18-14(19)9-22-13-7-5-12(16)6-8-13/h5-8,10H,4,9H2,1-3H3,(H,18,19)/t10-/m1/s1. The summed E-state index contributed by atoms with van der Waals surface area (Å²) in [6.07, 6.45) is 0. The Morgan fingerprint density at radius 2 is 1.95 bits per heavy atom. The van der Waals surface area contributed by atoms with Crippen molar-refractivity contribution in [3.63, 3.8) is 0 Å². The fourth-order valence-corrected chi connectivity index (χ4v) is 1.52. The molecule has 1 N–H and O–H groups in total. The number of amides is 1. The van der Waals surface area contributed by atoms with Gasteiger partial charge >= 0.3 is 5.97 Å². The fraction of sp³-hybridized carbons (Fsp3) is 0.400. The SMILES string of the molecule is CCOC(=O)[C@H](C)C(C)=NNC(=O)COc1ccc(Cl)cc1. The lowest BCUT2D eigenvalue weighted by Crippen LogP contribution is -2.28. The van der Waals surface area contributed by atoms with Crippen molar-refractivity contribution in [1.29, 1.82) is 0 Å². The lowest BCUT2D eigenvalue weighted by atomic mass is 10.1. The van der Waals surface area contributed by atoms with Gasteiger partial charge in [0, 0.05) is 10.7 Å². The number of carbonyl (C=O) groups excluding carboxylic acids is 2. The number of halogens is 1. The lowest BCUT2D eigenvalue weighted by molar-refractivity contribution is -0.145. The number of rotatable bonds is 7. The number of hydrogen-bond acceptors (Lipinski definition) is 5. The Hall–Kier alpha value is -2.08. The normalized spacial score (nSPS) is 12.5. The number of ether oxygens (including phenoxy) is 2. The van der Waals surface area contributed by atoms with Crippen molar-refractivity contribution < 1.29 is 19.1 Å². The molecule has 0 unspecified atom stereocenters. The Morgan fingerprint density at radius 3 is 2.55 bits per heavy atom. The molecule has 22 heavy (non-hydrogen) atoms. The maximum absolute atomic E-state index is 11.6. The molecule has 0 saturated carbocycles. The van der Waals surface area contributed by atoms with Gasteiger partial charge in [-0.1, -0.05) is 11.6 Å². The van der Waals surface area contributed by atoms with Crippen LogP contribution in [0.5, 0.6) is 5.75 Å². The van der Waals surface area contributed by atoms with Crippen molar-refractivity contribution in [2.45, 2.75) is 20.8 Å². The second-order valence-electron chi connectivity index (χ2n) is 4.50. The monoisotopic (exact) mass is 326 g/mol. The van der Waals surface area contributed by atoms with Gasteiger partial charge in [0.1, 0.15) is 5.75 Å². The maximum atomic E-state index is 11.6. The predicted molar refractivity (Wildman–Crippen MR) is 84.0 cm³/mol. The summed E-state index contributed by atoms with van der Waals surface area (Å²) in [5.74, 6) is -0.793. The van der Waals surface area contributed by atoms with Gasteiger partial charge in [-0.3, -0.25) is 9.59 Å². The van der Waals surface area contributed by atoms with E-state index in [-0.39, 0.29) is 12.6 Å². The van der Waals surface area contributed by atoms with Crippen LogP contribution >= 0.6 is 11.6 Å². The molecule has 0 bridgehead atoms. The summed E-state index contributed by atoms with van der Waals surface area (Å²) in [5.41, 5.74) is 2.79. The van der Waals surface area contributed by atoms with Crippen LogP contribution in [0.4, 0.5) is 0 Å². The van der Waals surface area contributed by atoms with Gasteiger partial charge in [-0.05, 0) is 45.0 Å². The highest BCUT2D eigenvalue weighted by Gasteiger charge is 2.17. The molecule has 120 valence electrons. The van der Waals surface area contributed by atoms with Gasteiger partial charge in [0.05, 0.1) is 12.5 Å². The molecule has 1 atom stereocenters. The molecule has 6 nitrogen and oxygen atoms in total. The van der Waals surface area contributed by atoms with Crippen molar-refractivity contribution >= 4 is 29.2 Å². The van der Waals surface area contributed by atoms with Crippen LogP contribution in [0.25, 0.3) is 0 Å². The number of benzene rings is 1. The second kappa shape index (κ2) is 9.04. The summed E-state index contributed by atoms with van der Waals surface area (Å²) in [6.45, 7) is 5.14. The molecule has 0 saturated heterocycles. The summed E-state index contributed by atoms with van der Waals surface area (Å²) in [4.78, 5) is 23.1. The Kier molecular flexibility index (Phi) is 7.39. The van der Waals surface area contributed by atoms with E-state index >= 15 is 0 Å². The zero-order chi connectivity index (χ0) is 16.5. The van der Waals surface area contributed by atoms with E-state index in [0.29, 0.717) is 23.1 Å². The van der Waals surface area contributed by atoms with E-state index < -0.39 is 11.8 Å². The summed E-state index contributed by atoms with van der Waals surface area (Å²) in [6, 6.07) is 6.65. The topological polar surface area (TPSA) is 77.0 Å². The number of hydrogen-bond donors (Lipinski definition) is 1. The van der Waals surface area contributed by atoms with Gasteiger partial charge in [-0.2, -0.15) is 5.10 Å². The van der Waals surface area contributed by atoms with Gasteiger partial charge in [0.2, 0.25) is 0 Å². The highest BCUT2D eigenvalue weighted by Crippen LogP contribution is 2.15. The number of nitrogens with zero attached hydrogens (tertiary/aromatic N) is 1. The van der Waals surface area contributed by atoms with E-state index in [2.05, 4.69) is 10.5 Å². The summed E-state index contributed by atoms with van der Waals surface area (Å²) in [7, 11) is 0. The minimum absolute atomic E-state index is 0.188. The fourth-order valence-electron chi connectivity index (χ4n) is 1.40. The third-order valence-corrected chi connectivity index (χ3v) is 3.06. The van der Waals surface area contributed by atoms with Crippen molar-refractivity contribution in [2.24, 2.45) is 11.0 Å². The van der Waals surface area contributed by atoms with E-state index in [1.165, 1.54) is 0 Å². The summed E-state index contributed by atoms with van der Waals surface area (Å²) in [5, 5.41) is 4.46. The first-order chi connectivity index (χ1) is 10.4. The lowest BCUT2D eigenvalue weighted by Gasteiger charge is -2.10. The van der Waals surface area contributed by atoms with Crippen LogP contribution in [0.15, 0.2) is 29.4 Å². The third-order valence-electron chi connectivity index (χ3n) is 2.81. The van der Waals surface area contributed by atoms with E-state index in [9.17, 15) is 9.59 Å². The number of esters is 1. The number of hydrazone groups is 1. The maximum Gasteiger partial charge on any atom is 0.314 e. The zero-order valence-electron chi connectivity index (χ0n) is 12.8. The van der Waals surface area contributed by atoms with E-state index in [0.717, 1.165) is 0 Å². The predicted octanol–water partition coefficient (Wildman–Crippen LogP) is 2.41. The van der Waals surface area contributed by atoms with Crippen LogP contribution in [0.3, 0.4) is 0 Å². The molecule has 0 heterocycles. The molecule has 1 aromatic rings. The Labute approximate surface area is 134 Å². The highest BCUT2D eigenvalue weighted by atomic mass is 35.5. The van der Waals surface area contributed by atoms with Crippen LogP contribution in [0.2, 0.25) is 5.02 Å². The zero-order valence-corrected chi connectivity index (χ0v) is 13.5. The summed E-state index contributed by atoms with van der Waals surface area (Å²) < 4.78 is 10.1. The van der Waals surface area contributed by atoms with Crippen molar-refractivity contribution in [1.82, 2.24) is 5.43 Å². The molecular weight excluding hydrogens is 308 g/mol. The first-order valence-corrected chi connectivity index (χ1v) is 7.19. The van der Waals surface area contributed by atoms with Crippen LogP contribution in [0.1, 0.15) is 20.8 Å². The smallest absolute Gasteiger partial charge is 0.314 e. The molecule has 0 fully saturated rings. The van der Waals surface area contributed by atoms with Gasteiger partial charge in [0.15, 0.2) is 6.61 Å². The molecule has 0 aliphatic rings. The highest BCUT2D eigenvalue weighted by molar-refractivity contribution is 6.30. The molecule has 0 aromatic heterocycles. The largest absolute Gasteiger partial charge is 0.484 e. The first kappa shape index (κ1) is 18.0. The molecule has 0 radical (unpaired) electrons. The minimum Gasteiger partial charge on any atom is -0.484 e. The summed E-state index contributed by atoms with van der Waals surface area (Å²) >= 11 is 5.75. The Bertz CT molecular complexity index is 543. The van der Waals surface area contributed by atoms with Crippen molar-refractivity contribution in [3.05, 3.63) is 29.3 Å².